The molecule has 0 heterocycles. The number of nitro groups is 2. The number of hydrogen-bond acceptors (Lipinski definition) is 11. The van der Waals surface area contributed by atoms with Gasteiger partial charge in [0.05, 0.1) is 42.7 Å². The molecule has 0 aromatic heterocycles. The molecule has 84 heavy (non-hydrogen) atoms. The third-order valence-corrected chi connectivity index (χ3v) is 14.0. The number of hydrogen-bond donors (Lipinski definition) is 3. The van der Waals surface area contributed by atoms with Gasteiger partial charge in [0.25, 0.3) is 11.4 Å². The first-order valence-electron chi connectivity index (χ1n) is 26.6. The monoisotopic (exact) mass is 1270 g/mol. The molecule has 0 spiro atoms. The topological polar surface area (TPSA) is 216 Å². The molecule has 23 heteroatoms. The molecule has 17 nitrogen and oxygen atoms in total. The maximum Gasteiger partial charge on any atom is 0.414 e. The van der Waals surface area contributed by atoms with Crippen LogP contribution in [0.4, 0.5) is 59.9 Å². The van der Waals surface area contributed by atoms with Crippen LogP contribution in [0.25, 0.3) is 0 Å². The second-order valence-corrected chi connectivity index (χ2v) is 22.7. The van der Waals surface area contributed by atoms with Gasteiger partial charge in [-0.05, 0) is 176 Å². The number of nitrogen functional groups attached to an aromatic ring is 1. The molecule has 6 aromatic carbocycles. The first-order chi connectivity index (χ1) is 38.4. The minimum Gasteiger partial charge on any atom is -0.443 e. The molecule has 0 fully saturated rings. The zero-order valence-electron chi connectivity index (χ0n) is 49.9. The summed E-state index contributed by atoms with van der Waals surface area (Å²) in [4.78, 5) is 64.9. The number of carbonyl (C=O) groups excluding carboxylic acids is 3. The van der Waals surface area contributed by atoms with Gasteiger partial charge in [-0.15, -0.1) is 0 Å². The highest BCUT2D eigenvalue weighted by Gasteiger charge is 2.30. The van der Waals surface area contributed by atoms with Crippen molar-refractivity contribution in [3.63, 3.8) is 0 Å². The van der Waals surface area contributed by atoms with E-state index >= 15 is 0 Å². The van der Waals surface area contributed by atoms with Crippen molar-refractivity contribution in [2.24, 2.45) is 0 Å². The van der Waals surface area contributed by atoms with Crippen molar-refractivity contribution in [2.45, 2.75) is 132 Å². The number of nitrogens with zero attached hydrogens (tertiary/aromatic N) is 5. The van der Waals surface area contributed by atoms with Crippen LogP contribution >= 0.6 is 73.4 Å². The summed E-state index contributed by atoms with van der Waals surface area (Å²) >= 11 is 24.4. The molecule has 0 bridgehead atoms. The van der Waals surface area contributed by atoms with Crippen LogP contribution in [-0.2, 0) is 35.2 Å². The maximum absolute atomic E-state index is 14.1. The molecule has 0 radical (unpaired) electrons. The number of nitrogens with two attached hydrogens (primary N) is 1. The van der Waals surface area contributed by atoms with Gasteiger partial charge in [0.1, 0.15) is 11.2 Å². The average Bonchev–Trinajstić information content (AvgIpc) is 3.27. The summed E-state index contributed by atoms with van der Waals surface area (Å²) in [5.41, 5.74) is 12.5. The lowest BCUT2D eigenvalue weighted by atomic mass is 10.0. The number of ether oxygens (including phenoxy) is 2. The SMILES string of the molecule is CCc1c(Cl)cc([N+](=O)[O-])c(CC)c1N.CCc1c(Cl)cc([N+](=O)[O-])c(CC)c1NC(=O)N(c1ccc(N(C)C(=O)OC(C)(C)C)cc1)[C@@H](C)c1ccc(Cl)cc1.C[C@H](Nc1ccc(N(C)C(=O)OC(C)(C)C)cc1)c1ccc(Cl)cc1.S.S. The summed E-state index contributed by atoms with van der Waals surface area (Å²) in [6.45, 7) is 22.3. The van der Waals surface area contributed by atoms with Gasteiger partial charge in [-0.2, -0.15) is 27.0 Å². The van der Waals surface area contributed by atoms with Gasteiger partial charge in [0.2, 0.25) is 0 Å². The fraction of sp³-hybridized carbons (Fsp3) is 0.361. The van der Waals surface area contributed by atoms with Gasteiger partial charge in [-0.3, -0.25) is 34.9 Å². The van der Waals surface area contributed by atoms with Gasteiger partial charge >= 0.3 is 18.2 Å². The number of nitro benzene ring substituents is 2. The Bertz CT molecular complexity index is 3200. The normalized spacial score (nSPS) is 11.5. The fourth-order valence-electron chi connectivity index (χ4n) is 8.53. The summed E-state index contributed by atoms with van der Waals surface area (Å²) in [5, 5.41) is 30.9. The van der Waals surface area contributed by atoms with Crippen LogP contribution in [0.3, 0.4) is 0 Å². The molecule has 0 aliphatic heterocycles. The third-order valence-electron chi connectivity index (χ3n) is 12.8. The van der Waals surface area contributed by atoms with Crippen LogP contribution in [-0.4, -0.2) is 53.4 Å². The summed E-state index contributed by atoms with van der Waals surface area (Å²) in [5.74, 6) is 0. The highest BCUT2D eigenvalue weighted by Crippen LogP contribution is 2.39. The van der Waals surface area contributed by atoms with Gasteiger partial charge < -0.3 is 25.8 Å². The van der Waals surface area contributed by atoms with E-state index in [1.165, 1.54) is 21.9 Å². The van der Waals surface area contributed by atoms with Crippen LogP contribution in [0.5, 0.6) is 0 Å². The maximum atomic E-state index is 14.1. The molecule has 0 unspecified atom stereocenters. The van der Waals surface area contributed by atoms with Gasteiger partial charge in [0, 0.05) is 70.8 Å². The Morgan fingerprint density at radius 2 is 0.940 bits per heavy atom. The van der Waals surface area contributed by atoms with E-state index < -0.39 is 39.2 Å². The van der Waals surface area contributed by atoms with Crippen molar-refractivity contribution in [1.29, 1.82) is 0 Å². The van der Waals surface area contributed by atoms with E-state index in [-0.39, 0.29) is 55.5 Å². The number of urea groups is 1. The van der Waals surface area contributed by atoms with Crippen molar-refractivity contribution in [3.05, 3.63) is 183 Å². The summed E-state index contributed by atoms with van der Waals surface area (Å²) in [6, 6.07) is 31.4. The number of nitrogens with one attached hydrogen (secondary N) is 2. The first-order valence-corrected chi connectivity index (χ1v) is 28.1. The zero-order valence-corrected chi connectivity index (χ0v) is 54.9. The number of rotatable bonds is 15. The molecular weight excluding hydrogens is 1190 g/mol. The molecule has 4 N–H and O–H groups in total. The number of halogens is 4. The lowest BCUT2D eigenvalue weighted by molar-refractivity contribution is -0.385. The van der Waals surface area contributed by atoms with Crippen molar-refractivity contribution in [1.82, 2.24) is 0 Å². The van der Waals surface area contributed by atoms with Gasteiger partial charge in [-0.1, -0.05) is 98.4 Å². The molecule has 4 amide bonds. The van der Waals surface area contributed by atoms with Crippen molar-refractivity contribution >= 4 is 137 Å². The molecule has 0 aliphatic rings. The molecule has 0 saturated carbocycles. The number of carbonyl (C=O) groups is 3. The van der Waals surface area contributed by atoms with Crippen molar-refractivity contribution < 1.29 is 33.7 Å². The van der Waals surface area contributed by atoms with E-state index in [0.29, 0.717) is 75.2 Å². The molecular formula is C61H78Cl4N8O9S2. The second kappa shape index (κ2) is 32.6. The lowest BCUT2D eigenvalue weighted by Gasteiger charge is -2.31. The smallest absolute Gasteiger partial charge is 0.414 e. The van der Waals surface area contributed by atoms with E-state index in [1.54, 1.807) is 83.1 Å². The first kappa shape index (κ1) is 73.5. The van der Waals surface area contributed by atoms with Crippen LogP contribution in [0.1, 0.15) is 129 Å². The fourth-order valence-corrected chi connectivity index (χ4v) is 9.45. The van der Waals surface area contributed by atoms with Crippen molar-refractivity contribution in [2.75, 3.05) is 45.2 Å². The molecule has 456 valence electrons. The van der Waals surface area contributed by atoms with Crippen LogP contribution in [0, 0.1) is 20.2 Å². The van der Waals surface area contributed by atoms with E-state index in [2.05, 4.69) is 17.6 Å². The standard InChI is InChI=1S/C31H36Cl2N4O5.C20H25ClN2O2.C10H13ClN2O2.2H2S/c1-8-24-26(33)18-27(37(40)41)25(9-2)28(24)34-29(38)36(19(3)20-10-12-21(32)13-11-20)23-16-14-22(15-17-23)35(7)30(39)42-31(4,5)6;1-14(15-6-8-16(21)9-7-15)22-17-10-12-18(13-11-17)23(5)19(24)25-20(2,3)4;1-3-6-8(11)5-9(13(14)15)7(4-2)10(6)12;;/h10-19H,8-9H2,1-7H3,(H,34,38);6-14,22H,1-5H3;5H,3-4,12H2,1-2H3;2*1H2/t19-;14-;;;/m00.../s1. The van der Waals surface area contributed by atoms with E-state index in [9.17, 15) is 34.6 Å². The number of amides is 4. The lowest BCUT2D eigenvalue weighted by Crippen LogP contribution is -2.38. The quantitative estimate of drug-likeness (QED) is 0.0499. The Hall–Kier alpha value is -6.61. The summed E-state index contributed by atoms with van der Waals surface area (Å²) < 4.78 is 10.8. The molecule has 6 aromatic rings. The Morgan fingerprint density at radius 1 is 0.571 bits per heavy atom. The molecule has 0 aliphatic carbocycles. The van der Waals surface area contributed by atoms with Crippen LogP contribution in [0.2, 0.25) is 20.1 Å². The Kier molecular flexibility index (Phi) is 28.5. The van der Waals surface area contributed by atoms with E-state index in [1.807, 2.05) is 109 Å². The largest absolute Gasteiger partial charge is 0.443 e. The van der Waals surface area contributed by atoms with Gasteiger partial charge in [-0.25, -0.2) is 14.4 Å². The van der Waals surface area contributed by atoms with E-state index in [4.69, 9.17) is 61.6 Å². The highest BCUT2D eigenvalue weighted by molar-refractivity contribution is 7.59. The van der Waals surface area contributed by atoms with Crippen molar-refractivity contribution in [3.8, 4) is 0 Å². The second-order valence-electron chi connectivity index (χ2n) is 21.0. The zero-order chi connectivity index (χ0) is 61.6. The Labute approximate surface area is 527 Å². The number of anilines is 6. The summed E-state index contributed by atoms with van der Waals surface area (Å²) in [6.07, 6.45) is 1.10. The molecule has 2 atom stereocenters. The third kappa shape index (κ3) is 20.3. The Morgan fingerprint density at radius 3 is 1.33 bits per heavy atom. The molecule has 6 rings (SSSR count). The Balaban J connectivity index is 0.000000483. The van der Waals surface area contributed by atoms with Crippen LogP contribution < -0.4 is 31.1 Å². The minimum absolute atomic E-state index is 0. The predicted molar refractivity (Wildman–Crippen MR) is 356 cm³/mol. The molecule has 0 saturated heterocycles. The minimum atomic E-state index is -0.654. The highest BCUT2D eigenvalue weighted by atomic mass is 35.5. The average molecular weight is 1270 g/mol. The van der Waals surface area contributed by atoms with Crippen LogP contribution in [0.15, 0.2) is 109 Å². The number of benzene rings is 6. The summed E-state index contributed by atoms with van der Waals surface area (Å²) in [7, 11) is 3.31. The predicted octanol–water partition coefficient (Wildman–Crippen LogP) is 18.3. The van der Waals surface area contributed by atoms with Gasteiger partial charge in [0.15, 0.2) is 0 Å². The van der Waals surface area contributed by atoms with E-state index in [0.717, 1.165) is 33.1 Å².